The van der Waals surface area contributed by atoms with E-state index in [-0.39, 0.29) is 12.1 Å². The van der Waals surface area contributed by atoms with Crippen molar-refractivity contribution in [3.05, 3.63) is 130 Å². The van der Waals surface area contributed by atoms with Crippen LogP contribution in [0.3, 0.4) is 0 Å². The van der Waals surface area contributed by atoms with Crippen molar-refractivity contribution < 1.29 is 9.47 Å². The highest BCUT2D eigenvalue weighted by atomic mass is 35.5. The SMILES string of the molecule is COc1ccc(Cl)cc1-n1c(C)cc([C@H]2[C@H](c3ccccn3)NC(=S)N2c2ccc(Oc3ccccc3C)cc2)c1C. The van der Waals surface area contributed by atoms with E-state index in [1.807, 2.05) is 85.9 Å². The molecule has 1 aliphatic rings. The van der Waals surface area contributed by atoms with Gasteiger partial charge in [-0.05, 0) is 111 Å². The fourth-order valence-electron chi connectivity index (χ4n) is 5.72. The molecule has 5 aromatic rings. The van der Waals surface area contributed by atoms with Gasteiger partial charge in [-0.2, -0.15) is 0 Å². The van der Waals surface area contributed by atoms with Gasteiger partial charge in [0.25, 0.3) is 0 Å². The molecule has 6 rings (SSSR count). The lowest BCUT2D eigenvalue weighted by molar-refractivity contribution is 0.412. The largest absolute Gasteiger partial charge is 0.495 e. The predicted octanol–water partition coefficient (Wildman–Crippen LogP) is 8.43. The van der Waals surface area contributed by atoms with Gasteiger partial charge in [0.05, 0.1) is 30.6 Å². The van der Waals surface area contributed by atoms with Gasteiger partial charge in [0.15, 0.2) is 5.11 Å². The molecule has 3 aromatic carbocycles. The molecule has 2 aromatic heterocycles. The van der Waals surface area contributed by atoms with Gasteiger partial charge in [-0.3, -0.25) is 4.98 Å². The first-order valence-corrected chi connectivity index (χ1v) is 14.5. The number of aromatic nitrogens is 2. The third-order valence-electron chi connectivity index (χ3n) is 7.71. The standard InChI is InChI=1S/C34H31ClN4O2S/c1-21-9-5-6-11-30(21)41-26-15-13-25(14-16-26)39-33(32(37-34(39)42)28-10-7-8-18-36-28)27-19-22(2)38(23(27)3)29-20-24(35)12-17-31(29)40-4/h5-20,32-33H,1-4H3,(H,37,42)/t32-,33-/m0/s1. The van der Waals surface area contributed by atoms with E-state index in [0.29, 0.717) is 10.1 Å². The number of methoxy groups -OCH3 is 1. The third kappa shape index (κ3) is 5.10. The number of nitrogens with one attached hydrogen (secondary N) is 1. The lowest BCUT2D eigenvalue weighted by Crippen LogP contribution is -2.29. The summed E-state index contributed by atoms with van der Waals surface area (Å²) in [6, 6.07) is 29.6. The Hall–Kier alpha value is -4.33. The Balaban J connectivity index is 1.44. The molecule has 1 saturated heterocycles. The predicted molar refractivity (Wildman–Crippen MR) is 172 cm³/mol. The molecule has 0 unspecified atom stereocenters. The summed E-state index contributed by atoms with van der Waals surface area (Å²) in [7, 11) is 1.67. The first-order chi connectivity index (χ1) is 20.4. The first-order valence-electron chi connectivity index (χ1n) is 13.7. The van der Waals surface area contributed by atoms with Crippen LogP contribution >= 0.6 is 23.8 Å². The van der Waals surface area contributed by atoms with Crippen LogP contribution in [0, 0.1) is 20.8 Å². The van der Waals surface area contributed by atoms with Gasteiger partial charge >= 0.3 is 0 Å². The fraction of sp³-hybridized carbons (Fsp3) is 0.176. The Morgan fingerprint density at radius 3 is 2.36 bits per heavy atom. The zero-order valence-electron chi connectivity index (χ0n) is 23.8. The number of halogens is 1. The van der Waals surface area contributed by atoms with Crippen molar-refractivity contribution in [3.63, 3.8) is 0 Å². The second-order valence-corrected chi connectivity index (χ2v) is 11.2. The summed E-state index contributed by atoms with van der Waals surface area (Å²) in [6.45, 7) is 6.25. The van der Waals surface area contributed by atoms with E-state index in [1.54, 1.807) is 7.11 Å². The Morgan fingerprint density at radius 2 is 1.64 bits per heavy atom. The number of hydrogen-bond donors (Lipinski definition) is 1. The van der Waals surface area contributed by atoms with E-state index < -0.39 is 0 Å². The molecule has 1 fully saturated rings. The maximum absolute atomic E-state index is 6.44. The number of rotatable bonds is 7. The van der Waals surface area contributed by atoms with Crippen molar-refractivity contribution in [2.24, 2.45) is 0 Å². The second kappa shape index (κ2) is 11.5. The molecule has 6 nitrogen and oxygen atoms in total. The van der Waals surface area contributed by atoms with Gasteiger partial charge in [-0.1, -0.05) is 35.9 Å². The average Bonchev–Trinajstić information content (AvgIpc) is 3.49. The Morgan fingerprint density at radius 1 is 0.881 bits per heavy atom. The number of ether oxygens (including phenoxy) is 2. The van der Waals surface area contributed by atoms with Gasteiger partial charge in [0, 0.05) is 28.3 Å². The first kappa shape index (κ1) is 27.8. The van der Waals surface area contributed by atoms with E-state index in [2.05, 4.69) is 46.8 Å². The van der Waals surface area contributed by atoms with E-state index in [4.69, 9.17) is 38.3 Å². The molecule has 2 atom stereocenters. The zero-order valence-corrected chi connectivity index (χ0v) is 25.4. The molecule has 3 heterocycles. The van der Waals surface area contributed by atoms with Crippen molar-refractivity contribution in [3.8, 4) is 22.9 Å². The van der Waals surface area contributed by atoms with Crippen LogP contribution in [-0.2, 0) is 0 Å². The number of anilines is 1. The number of nitrogens with zero attached hydrogens (tertiary/aromatic N) is 3. The van der Waals surface area contributed by atoms with Crippen LogP contribution in [0.25, 0.3) is 5.69 Å². The lowest BCUT2D eigenvalue weighted by Gasteiger charge is -2.28. The van der Waals surface area contributed by atoms with E-state index >= 15 is 0 Å². The molecular weight excluding hydrogens is 564 g/mol. The van der Waals surface area contributed by atoms with Gasteiger partial charge in [-0.25, -0.2) is 0 Å². The van der Waals surface area contributed by atoms with Gasteiger partial charge in [0.2, 0.25) is 0 Å². The highest BCUT2D eigenvalue weighted by molar-refractivity contribution is 7.80. The number of thiocarbonyl (C=S) groups is 1. The molecule has 0 spiro atoms. The highest BCUT2D eigenvalue weighted by Gasteiger charge is 2.42. The van der Waals surface area contributed by atoms with Crippen molar-refractivity contribution in [2.45, 2.75) is 32.9 Å². The van der Waals surface area contributed by atoms with Gasteiger partial charge in [0.1, 0.15) is 17.2 Å². The zero-order chi connectivity index (χ0) is 29.4. The van der Waals surface area contributed by atoms with Crippen LogP contribution in [0.15, 0.2) is 97.2 Å². The van der Waals surface area contributed by atoms with Crippen LogP contribution in [0.2, 0.25) is 5.02 Å². The molecule has 0 aliphatic carbocycles. The van der Waals surface area contributed by atoms with E-state index in [9.17, 15) is 0 Å². The molecule has 8 heteroatoms. The van der Waals surface area contributed by atoms with Crippen molar-refractivity contribution in [1.29, 1.82) is 0 Å². The van der Waals surface area contributed by atoms with Gasteiger partial charge in [-0.15, -0.1) is 0 Å². The summed E-state index contributed by atoms with van der Waals surface area (Å²) in [6.07, 6.45) is 1.82. The lowest BCUT2D eigenvalue weighted by atomic mass is 9.96. The number of aryl methyl sites for hydroxylation is 2. The summed E-state index contributed by atoms with van der Waals surface area (Å²) in [5, 5.41) is 4.84. The number of benzene rings is 3. The van der Waals surface area contributed by atoms with E-state index in [0.717, 1.165) is 56.8 Å². The molecule has 0 saturated carbocycles. The summed E-state index contributed by atoms with van der Waals surface area (Å²) >= 11 is 12.4. The Labute approximate surface area is 256 Å². The number of pyridine rings is 1. The van der Waals surface area contributed by atoms with Crippen molar-refractivity contribution in [1.82, 2.24) is 14.9 Å². The highest BCUT2D eigenvalue weighted by Crippen LogP contribution is 2.44. The molecule has 1 N–H and O–H groups in total. The summed E-state index contributed by atoms with van der Waals surface area (Å²) in [5.74, 6) is 2.34. The molecule has 0 amide bonds. The van der Waals surface area contributed by atoms with Crippen LogP contribution in [0.5, 0.6) is 17.2 Å². The summed E-state index contributed by atoms with van der Waals surface area (Å²) < 4.78 is 14.1. The Bertz CT molecular complexity index is 1750. The van der Waals surface area contributed by atoms with Crippen LogP contribution in [0.4, 0.5) is 5.69 Å². The molecule has 0 radical (unpaired) electrons. The summed E-state index contributed by atoms with van der Waals surface area (Å²) in [5.41, 5.74) is 7.08. The third-order valence-corrected chi connectivity index (χ3v) is 8.25. The fourth-order valence-corrected chi connectivity index (χ4v) is 6.23. The minimum atomic E-state index is -0.170. The van der Waals surface area contributed by atoms with Crippen LogP contribution in [0.1, 0.15) is 40.3 Å². The molecule has 212 valence electrons. The minimum absolute atomic E-state index is 0.166. The topological polar surface area (TPSA) is 51.5 Å². The molecular formula is C34H31ClN4O2S. The Kier molecular flexibility index (Phi) is 7.62. The number of para-hydroxylation sites is 1. The number of hydrogen-bond acceptors (Lipinski definition) is 4. The molecule has 0 bridgehead atoms. The normalized spacial score (nSPS) is 16.4. The monoisotopic (exact) mass is 594 g/mol. The average molecular weight is 595 g/mol. The smallest absolute Gasteiger partial charge is 0.174 e. The maximum Gasteiger partial charge on any atom is 0.174 e. The van der Waals surface area contributed by atoms with Crippen LogP contribution < -0.4 is 19.7 Å². The van der Waals surface area contributed by atoms with Crippen LogP contribution in [-0.4, -0.2) is 21.8 Å². The van der Waals surface area contributed by atoms with Crippen molar-refractivity contribution >= 4 is 34.6 Å². The molecule has 42 heavy (non-hydrogen) atoms. The minimum Gasteiger partial charge on any atom is -0.495 e. The molecule has 1 aliphatic heterocycles. The maximum atomic E-state index is 6.44. The quantitative estimate of drug-likeness (QED) is 0.191. The van der Waals surface area contributed by atoms with E-state index in [1.165, 1.54) is 0 Å². The summed E-state index contributed by atoms with van der Waals surface area (Å²) in [4.78, 5) is 6.89. The second-order valence-electron chi connectivity index (χ2n) is 10.3. The van der Waals surface area contributed by atoms with Gasteiger partial charge < -0.3 is 24.3 Å². The van der Waals surface area contributed by atoms with Crippen molar-refractivity contribution in [2.75, 3.05) is 12.0 Å².